The summed E-state index contributed by atoms with van der Waals surface area (Å²) < 4.78 is 0. The predicted octanol–water partition coefficient (Wildman–Crippen LogP) is 1.54. The number of rotatable bonds is 1. The lowest BCUT2D eigenvalue weighted by molar-refractivity contribution is 0.559. The highest BCUT2D eigenvalue weighted by Crippen LogP contribution is 2.06. The molecule has 0 saturated heterocycles. The van der Waals surface area contributed by atoms with Crippen molar-refractivity contribution in [2.24, 2.45) is 4.99 Å². The van der Waals surface area contributed by atoms with Crippen LogP contribution in [0.2, 0.25) is 0 Å². The molecule has 1 heterocycles. The second-order valence-corrected chi connectivity index (χ2v) is 1.99. The minimum absolute atomic E-state index is 0.914. The summed E-state index contributed by atoms with van der Waals surface area (Å²) in [6.45, 7) is 3.59. The van der Waals surface area contributed by atoms with Crippen LogP contribution in [0.3, 0.4) is 0 Å². The van der Waals surface area contributed by atoms with Crippen LogP contribution in [0.15, 0.2) is 41.8 Å². The van der Waals surface area contributed by atoms with Gasteiger partial charge in [-0.3, -0.25) is 0 Å². The number of nitrogens with zero attached hydrogens (tertiary/aromatic N) is 2. The average Bonchev–Trinajstić information content (AvgIpc) is 1.94. The fourth-order valence-electron chi connectivity index (χ4n) is 0.720. The van der Waals surface area contributed by atoms with Gasteiger partial charge in [0.25, 0.3) is 0 Å². The number of hydrogen-bond donors (Lipinski definition) is 0. The van der Waals surface area contributed by atoms with Crippen LogP contribution in [0, 0.1) is 0 Å². The first-order valence-electron chi connectivity index (χ1n) is 3.11. The molecule has 0 aliphatic carbocycles. The fraction of sp³-hybridized carbons (Fsp3) is 0.125. The molecule has 0 fully saturated rings. The molecule has 0 saturated carbocycles. The molecule has 0 aromatic rings. The van der Waals surface area contributed by atoms with Gasteiger partial charge in [-0.05, 0) is 12.2 Å². The third-order valence-electron chi connectivity index (χ3n) is 1.23. The second-order valence-electron chi connectivity index (χ2n) is 1.99. The van der Waals surface area contributed by atoms with E-state index in [1.165, 1.54) is 0 Å². The molecular weight excluding hydrogens is 124 g/mol. The van der Waals surface area contributed by atoms with Gasteiger partial charge in [0, 0.05) is 19.5 Å². The molecule has 0 amide bonds. The second kappa shape index (κ2) is 3.01. The van der Waals surface area contributed by atoms with Gasteiger partial charge in [0.1, 0.15) is 5.82 Å². The quantitative estimate of drug-likeness (QED) is 0.531. The summed E-state index contributed by atoms with van der Waals surface area (Å²) in [4.78, 5) is 6.04. The van der Waals surface area contributed by atoms with Crippen LogP contribution in [-0.2, 0) is 0 Å². The van der Waals surface area contributed by atoms with Crippen molar-refractivity contribution in [2.75, 3.05) is 7.05 Å². The maximum Gasteiger partial charge on any atom is 0.132 e. The first-order chi connectivity index (χ1) is 4.84. The average molecular weight is 134 g/mol. The zero-order chi connectivity index (χ0) is 7.40. The molecule has 0 bridgehead atoms. The molecule has 1 aliphatic heterocycles. The highest BCUT2D eigenvalue weighted by molar-refractivity contribution is 5.73. The van der Waals surface area contributed by atoms with Crippen molar-refractivity contribution in [3.8, 4) is 0 Å². The maximum atomic E-state index is 4.10. The number of allylic oxidation sites excluding steroid dienone is 3. The third-order valence-corrected chi connectivity index (χ3v) is 1.23. The Balaban J connectivity index is 2.79. The predicted molar refractivity (Wildman–Crippen MR) is 43.7 cm³/mol. The van der Waals surface area contributed by atoms with Gasteiger partial charge in [-0.1, -0.05) is 12.7 Å². The molecule has 0 atom stereocenters. The zero-order valence-electron chi connectivity index (χ0n) is 5.99. The van der Waals surface area contributed by atoms with Gasteiger partial charge in [-0.2, -0.15) is 0 Å². The zero-order valence-corrected chi connectivity index (χ0v) is 5.99. The van der Waals surface area contributed by atoms with Crippen molar-refractivity contribution in [3.63, 3.8) is 0 Å². The molecule has 0 unspecified atom stereocenters. The minimum atomic E-state index is 0.914. The van der Waals surface area contributed by atoms with Crippen molar-refractivity contribution in [3.05, 3.63) is 36.8 Å². The summed E-state index contributed by atoms with van der Waals surface area (Å²) in [7, 11) is 1.95. The Morgan fingerprint density at radius 1 is 1.70 bits per heavy atom. The molecule has 10 heavy (non-hydrogen) atoms. The van der Waals surface area contributed by atoms with Gasteiger partial charge in [0.15, 0.2) is 0 Å². The van der Waals surface area contributed by atoms with Crippen LogP contribution < -0.4 is 0 Å². The van der Waals surface area contributed by atoms with Crippen molar-refractivity contribution in [1.29, 1.82) is 0 Å². The van der Waals surface area contributed by atoms with E-state index < -0.39 is 0 Å². The molecule has 2 nitrogen and oxygen atoms in total. The van der Waals surface area contributed by atoms with Crippen molar-refractivity contribution in [2.45, 2.75) is 0 Å². The van der Waals surface area contributed by atoms with Gasteiger partial charge < -0.3 is 4.90 Å². The van der Waals surface area contributed by atoms with E-state index in [4.69, 9.17) is 0 Å². The minimum Gasteiger partial charge on any atom is -0.336 e. The van der Waals surface area contributed by atoms with Crippen LogP contribution >= 0.6 is 0 Å². The molecular formula is C8H10N2. The lowest BCUT2D eigenvalue weighted by Gasteiger charge is -2.15. The lowest BCUT2D eigenvalue weighted by atomic mass is 10.4. The molecule has 0 N–H and O–H groups in total. The van der Waals surface area contributed by atoms with E-state index >= 15 is 0 Å². The summed E-state index contributed by atoms with van der Waals surface area (Å²) in [6.07, 6.45) is 9.18. The van der Waals surface area contributed by atoms with E-state index in [2.05, 4.69) is 11.6 Å². The molecule has 1 aliphatic rings. The van der Waals surface area contributed by atoms with Gasteiger partial charge >= 0.3 is 0 Å². The molecule has 1 rings (SSSR count). The summed E-state index contributed by atoms with van der Waals surface area (Å²) >= 11 is 0. The standard InChI is InChI=1S/C8H10N2/c1-3-5-8-9-6-4-7-10(8)2/h3-7H,1H2,2H3/b8-5-. The van der Waals surface area contributed by atoms with Crippen LogP contribution in [0.25, 0.3) is 0 Å². The Kier molecular flexibility index (Phi) is 2.05. The van der Waals surface area contributed by atoms with Crippen LogP contribution in [0.5, 0.6) is 0 Å². The van der Waals surface area contributed by atoms with E-state index in [1.807, 2.05) is 30.3 Å². The Bertz CT molecular complexity index is 211. The smallest absolute Gasteiger partial charge is 0.132 e. The van der Waals surface area contributed by atoms with Crippen LogP contribution in [0.1, 0.15) is 0 Å². The highest BCUT2D eigenvalue weighted by Gasteiger charge is 1.98. The van der Waals surface area contributed by atoms with E-state index in [9.17, 15) is 0 Å². The first-order valence-corrected chi connectivity index (χ1v) is 3.11. The monoisotopic (exact) mass is 134 g/mol. The molecule has 2 heteroatoms. The summed E-state index contributed by atoms with van der Waals surface area (Å²) in [5.41, 5.74) is 0. The summed E-state index contributed by atoms with van der Waals surface area (Å²) in [5, 5.41) is 0. The Morgan fingerprint density at radius 2 is 2.50 bits per heavy atom. The number of aliphatic imine (C=N–C) groups is 1. The van der Waals surface area contributed by atoms with E-state index in [0.717, 1.165) is 5.82 Å². The topological polar surface area (TPSA) is 15.6 Å². The Hall–Kier alpha value is -1.31. The van der Waals surface area contributed by atoms with Crippen molar-refractivity contribution < 1.29 is 0 Å². The molecule has 0 aromatic carbocycles. The van der Waals surface area contributed by atoms with Gasteiger partial charge in [0.2, 0.25) is 0 Å². The van der Waals surface area contributed by atoms with E-state index in [-0.39, 0.29) is 0 Å². The first kappa shape index (κ1) is 6.81. The largest absolute Gasteiger partial charge is 0.336 e. The Labute approximate surface area is 60.9 Å². The highest BCUT2D eigenvalue weighted by atomic mass is 15.2. The number of hydrogen-bond acceptors (Lipinski definition) is 2. The van der Waals surface area contributed by atoms with Crippen LogP contribution in [0.4, 0.5) is 0 Å². The fourth-order valence-corrected chi connectivity index (χ4v) is 0.720. The molecule has 0 aromatic heterocycles. The van der Waals surface area contributed by atoms with Crippen LogP contribution in [-0.4, -0.2) is 18.2 Å². The molecule has 0 spiro atoms. The normalized spacial score (nSPS) is 20.1. The van der Waals surface area contributed by atoms with E-state index in [0.29, 0.717) is 0 Å². The van der Waals surface area contributed by atoms with Gasteiger partial charge in [0.05, 0.1) is 0 Å². The van der Waals surface area contributed by atoms with Crippen molar-refractivity contribution in [1.82, 2.24) is 4.90 Å². The third kappa shape index (κ3) is 1.35. The van der Waals surface area contributed by atoms with E-state index in [1.54, 1.807) is 12.3 Å². The van der Waals surface area contributed by atoms with Gasteiger partial charge in [-0.25, -0.2) is 4.99 Å². The lowest BCUT2D eigenvalue weighted by Crippen LogP contribution is -2.10. The Morgan fingerprint density at radius 3 is 3.10 bits per heavy atom. The van der Waals surface area contributed by atoms with Crippen molar-refractivity contribution >= 4 is 6.21 Å². The SMILES string of the molecule is C=C/C=C1/N=CC=CN1C. The summed E-state index contributed by atoms with van der Waals surface area (Å²) in [5.74, 6) is 0.914. The molecule has 52 valence electrons. The molecule has 0 radical (unpaired) electrons. The summed E-state index contributed by atoms with van der Waals surface area (Å²) in [6, 6.07) is 0. The maximum absolute atomic E-state index is 4.10. The van der Waals surface area contributed by atoms with Gasteiger partial charge in [-0.15, -0.1) is 0 Å².